The third kappa shape index (κ3) is 2.91. The average Bonchev–Trinajstić information content (AvgIpc) is 2.51. The predicted molar refractivity (Wildman–Crippen MR) is 86.7 cm³/mol. The van der Waals surface area contributed by atoms with Crippen LogP contribution in [0.1, 0.15) is 21.5 Å². The van der Waals surface area contributed by atoms with E-state index in [-0.39, 0.29) is 11.5 Å². The quantitative estimate of drug-likeness (QED) is 0.871. The van der Waals surface area contributed by atoms with E-state index in [4.69, 9.17) is 5.11 Å². The number of hydrogen-bond acceptors (Lipinski definition) is 2. The van der Waals surface area contributed by atoms with E-state index in [0.717, 1.165) is 11.1 Å². The Kier molecular flexibility index (Phi) is 4.41. The van der Waals surface area contributed by atoms with Crippen LogP contribution in [0.2, 0.25) is 0 Å². The van der Waals surface area contributed by atoms with E-state index in [1.165, 1.54) is 23.1 Å². The topological polar surface area (TPSA) is 57.6 Å². The molecule has 2 rings (SSSR count). The molecule has 0 radical (unpaired) electrons. The van der Waals surface area contributed by atoms with E-state index in [1.54, 1.807) is 12.1 Å². The lowest BCUT2D eigenvalue weighted by Gasteiger charge is -2.24. The van der Waals surface area contributed by atoms with Crippen molar-refractivity contribution >= 4 is 23.3 Å². The van der Waals surface area contributed by atoms with Gasteiger partial charge in [0.05, 0.1) is 16.9 Å². The average molecular weight is 295 g/mol. The van der Waals surface area contributed by atoms with Gasteiger partial charge in [-0.25, -0.2) is 4.79 Å². The first-order chi connectivity index (χ1) is 10.5. The largest absolute Gasteiger partial charge is 0.478 e. The summed E-state index contributed by atoms with van der Waals surface area (Å²) in [6.07, 6.45) is 1.22. The molecule has 2 aromatic carbocycles. The van der Waals surface area contributed by atoms with E-state index in [9.17, 15) is 9.59 Å². The van der Waals surface area contributed by atoms with Crippen molar-refractivity contribution in [2.45, 2.75) is 13.8 Å². The number of hydrogen-bond donors (Lipinski definition) is 1. The van der Waals surface area contributed by atoms with Crippen LogP contribution in [0.3, 0.4) is 0 Å². The predicted octanol–water partition coefficient (Wildman–Crippen LogP) is 3.85. The number of rotatable bonds is 4. The molecule has 0 saturated carbocycles. The molecule has 22 heavy (non-hydrogen) atoms. The molecule has 1 N–H and O–H groups in total. The molecule has 0 aliphatic heterocycles. The van der Waals surface area contributed by atoms with Gasteiger partial charge in [0.15, 0.2) is 0 Å². The van der Waals surface area contributed by atoms with E-state index in [2.05, 4.69) is 6.58 Å². The zero-order valence-electron chi connectivity index (χ0n) is 12.5. The molecule has 2 aromatic rings. The molecule has 0 atom stereocenters. The second-order valence-corrected chi connectivity index (χ2v) is 4.95. The zero-order valence-corrected chi connectivity index (χ0v) is 12.5. The summed E-state index contributed by atoms with van der Waals surface area (Å²) >= 11 is 0. The summed E-state index contributed by atoms with van der Waals surface area (Å²) in [5.41, 5.74) is 3.35. The molecule has 0 fully saturated rings. The number of aryl methyl sites for hydroxylation is 1. The minimum atomic E-state index is -1.03. The Morgan fingerprint density at radius 3 is 2.45 bits per heavy atom. The number of carboxylic acid groups (broad SMARTS) is 1. The van der Waals surface area contributed by atoms with E-state index in [1.807, 2.05) is 32.0 Å². The van der Waals surface area contributed by atoms with Crippen LogP contribution in [0.15, 0.2) is 55.1 Å². The number of amides is 1. The van der Waals surface area contributed by atoms with Gasteiger partial charge in [0.2, 0.25) is 0 Å². The Bertz CT molecular complexity index is 750. The van der Waals surface area contributed by atoms with Crippen molar-refractivity contribution in [3.63, 3.8) is 0 Å². The number of benzene rings is 2. The lowest BCUT2D eigenvalue weighted by molar-refractivity contribution is -0.113. The highest BCUT2D eigenvalue weighted by atomic mass is 16.4. The summed E-state index contributed by atoms with van der Waals surface area (Å²) < 4.78 is 0. The number of aromatic carboxylic acids is 1. The molecular weight excluding hydrogens is 278 g/mol. The molecule has 4 nitrogen and oxygen atoms in total. The van der Waals surface area contributed by atoms with Gasteiger partial charge in [0, 0.05) is 0 Å². The van der Waals surface area contributed by atoms with Gasteiger partial charge in [-0.2, -0.15) is 0 Å². The normalized spacial score (nSPS) is 10.1. The van der Waals surface area contributed by atoms with Crippen LogP contribution in [0.25, 0.3) is 0 Å². The molecule has 4 heteroatoms. The Labute approximate surface area is 129 Å². The van der Waals surface area contributed by atoms with Crippen LogP contribution in [0, 0.1) is 13.8 Å². The first-order valence-corrected chi connectivity index (χ1v) is 6.81. The first kappa shape index (κ1) is 15.5. The summed E-state index contributed by atoms with van der Waals surface area (Å²) in [4.78, 5) is 24.9. The molecule has 0 aromatic heterocycles. The fourth-order valence-corrected chi connectivity index (χ4v) is 2.23. The summed E-state index contributed by atoms with van der Waals surface area (Å²) in [5, 5.41) is 9.13. The number of anilines is 2. The molecule has 0 heterocycles. The maximum atomic E-state index is 12.3. The fraction of sp³-hybridized carbons (Fsp3) is 0.111. The summed E-state index contributed by atoms with van der Waals surface area (Å²) in [6, 6.07) is 11.9. The Morgan fingerprint density at radius 1 is 1.14 bits per heavy atom. The zero-order chi connectivity index (χ0) is 16.3. The van der Waals surface area contributed by atoms with Crippen LogP contribution in [-0.4, -0.2) is 17.0 Å². The van der Waals surface area contributed by atoms with Crippen LogP contribution in [0.5, 0.6) is 0 Å². The number of carbonyl (C=O) groups is 2. The summed E-state index contributed by atoms with van der Waals surface area (Å²) in [6.45, 7) is 7.42. The van der Waals surface area contributed by atoms with Crippen LogP contribution >= 0.6 is 0 Å². The lowest BCUT2D eigenvalue weighted by atomic mass is 10.1. The molecule has 0 spiro atoms. The Morgan fingerprint density at radius 2 is 1.82 bits per heavy atom. The van der Waals surface area contributed by atoms with E-state index < -0.39 is 5.97 Å². The van der Waals surface area contributed by atoms with Crippen LogP contribution < -0.4 is 4.90 Å². The summed E-state index contributed by atoms with van der Waals surface area (Å²) in [7, 11) is 0. The van der Waals surface area contributed by atoms with Gasteiger partial charge in [-0.1, -0.05) is 24.8 Å². The highest BCUT2D eigenvalue weighted by molar-refractivity contribution is 6.07. The first-order valence-electron chi connectivity index (χ1n) is 6.81. The van der Waals surface area contributed by atoms with Crippen molar-refractivity contribution in [3.05, 3.63) is 71.8 Å². The Balaban J connectivity index is 2.63. The van der Waals surface area contributed by atoms with E-state index >= 15 is 0 Å². The third-order valence-corrected chi connectivity index (χ3v) is 3.56. The molecule has 0 bridgehead atoms. The number of nitrogens with zero attached hydrogens (tertiary/aromatic N) is 1. The lowest BCUT2D eigenvalue weighted by Crippen LogP contribution is -2.24. The van der Waals surface area contributed by atoms with Crippen molar-refractivity contribution in [2.24, 2.45) is 0 Å². The molecule has 0 aliphatic carbocycles. The maximum absolute atomic E-state index is 12.3. The molecule has 0 saturated heterocycles. The van der Waals surface area contributed by atoms with Gasteiger partial charge >= 0.3 is 5.97 Å². The third-order valence-electron chi connectivity index (χ3n) is 3.56. The van der Waals surface area contributed by atoms with Crippen molar-refractivity contribution in [1.29, 1.82) is 0 Å². The highest BCUT2D eigenvalue weighted by Crippen LogP contribution is 2.30. The van der Waals surface area contributed by atoms with Crippen molar-refractivity contribution in [2.75, 3.05) is 4.90 Å². The minimum Gasteiger partial charge on any atom is -0.478 e. The summed E-state index contributed by atoms with van der Waals surface area (Å²) in [5.74, 6) is -1.34. The van der Waals surface area contributed by atoms with Gasteiger partial charge in [0.25, 0.3) is 5.91 Å². The highest BCUT2D eigenvalue weighted by Gasteiger charge is 2.19. The van der Waals surface area contributed by atoms with Gasteiger partial charge in [-0.15, -0.1) is 0 Å². The molecule has 112 valence electrons. The van der Waals surface area contributed by atoms with Crippen molar-refractivity contribution in [1.82, 2.24) is 0 Å². The number of carboxylic acids is 1. The number of carbonyl (C=O) groups excluding carboxylic acids is 1. The molecule has 0 aliphatic rings. The standard InChI is InChI=1S/C18H17NO3/c1-4-17(20)19(16-10-5-7-12(2)13(16)3)15-9-6-8-14(11-15)18(21)22/h4-11H,1H2,2-3H3,(H,21,22). The van der Waals surface area contributed by atoms with E-state index in [0.29, 0.717) is 11.4 Å². The van der Waals surface area contributed by atoms with Crippen molar-refractivity contribution in [3.8, 4) is 0 Å². The maximum Gasteiger partial charge on any atom is 0.335 e. The fourth-order valence-electron chi connectivity index (χ4n) is 2.23. The van der Waals surface area contributed by atoms with Gasteiger partial charge in [-0.05, 0) is 55.3 Å². The van der Waals surface area contributed by atoms with Gasteiger partial charge < -0.3 is 5.11 Å². The second kappa shape index (κ2) is 6.26. The Hall–Kier alpha value is -2.88. The molecule has 1 amide bonds. The monoisotopic (exact) mass is 295 g/mol. The van der Waals surface area contributed by atoms with Crippen LogP contribution in [-0.2, 0) is 4.79 Å². The smallest absolute Gasteiger partial charge is 0.335 e. The van der Waals surface area contributed by atoms with Gasteiger partial charge in [0.1, 0.15) is 0 Å². The minimum absolute atomic E-state index is 0.129. The van der Waals surface area contributed by atoms with Crippen LogP contribution in [0.4, 0.5) is 11.4 Å². The molecule has 0 unspecified atom stereocenters. The molecular formula is C18H17NO3. The van der Waals surface area contributed by atoms with Crippen molar-refractivity contribution < 1.29 is 14.7 Å². The SMILES string of the molecule is C=CC(=O)N(c1cccc(C(=O)O)c1)c1cccc(C)c1C. The van der Waals surface area contributed by atoms with Gasteiger partial charge in [-0.3, -0.25) is 9.69 Å². The second-order valence-electron chi connectivity index (χ2n) is 4.95.